The SMILES string of the molecule is O=C1C[C@@H](NS(=O)(=O)C2CCCCC2)CCCN1. The van der Waals surface area contributed by atoms with E-state index in [9.17, 15) is 13.2 Å². The molecule has 1 heterocycles. The lowest BCUT2D eigenvalue weighted by Crippen LogP contribution is -2.42. The van der Waals surface area contributed by atoms with E-state index >= 15 is 0 Å². The molecule has 2 rings (SSSR count). The molecule has 0 aromatic heterocycles. The number of carbonyl (C=O) groups is 1. The molecule has 5 nitrogen and oxygen atoms in total. The first kappa shape index (κ1) is 13.8. The van der Waals surface area contributed by atoms with E-state index in [0.717, 1.165) is 44.9 Å². The zero-order chi connectivity index (χ0) is 13.0. The van der Waals surface area contributed by atoms with Crippen LogP contribution in [0.25, 0.3) is 0 Å². The highest BCUT2D eigenvalue weighted by atomic mass is 32.2. The van der Waals surface area contributed by atoms with Gasteiger partial charge in [0, 0.05) is 19.0 Å². The summed E-state index contributed by atoms with van der Waals surface area (Å²) in [6.45, 7) is 0.653. The lowest BCUT2D eigenvalue weighted by Gasteiger charge is -2.24. The van der Waals surface area contributed by atoms with Gasteiger partial charge in [-0.05, 0) is 25.7 Å². The van der Waals surface area contributed by atoms with Crippen LogP contribution in [0.2, 0.25) is 0 Å². The standard InChI is InChI=1S/C12H22N2O3S/c15-12-9-10(5-4-8-13-12)14-18(16,17)11-6-2-1-3-7-11/h10-11,14H,1-9H2,(H,13,15)/t10-/m0/s1. The number of sulfonamides is 1. The number of hydrogen-bond donors (Lipinski definition) is 2. The minimum Gasteiger partial charge on any atom is -0.356 e. The summed E-state index contributed by atoms with van der Waals surface area (Å²) in [4.78, 5) is 11.4. The van der Waals surface area contributed by atoms with Gasteiger partial charge >= 0.3 is 0 Å². The first-order valence-electron chi connectivity index (χ1n) is 6.86. The van der Waals surface area contributed by atoms with Crippen molar-refractivity contribution in [2.24, 2.45) is 0 Å². The molecule has 104 valence electrons. The van der Waals surface area contributed by atoms with Crippen molar-refractivity contribution in [2.75, 3.05) is 6.54 Å². The summed E-state index contributed by atoms with van der Waals surface area (Å²) in [5.41, 5.74) is 0. The molecule has 2 aliphatic rings. The molecule has 1 aliphatic carbocycles. The van der Waals surface area contributed by atoms with Crippen molar-refractivity contribution in [1.82, 2.24) is 10.0 Å². The smallest absolute Gasteiger partial charge is 0.221 e. The van der Waals surface area contributed by atoms with Gasteiger partial charge in [-0.15, -0.1) is 0 Å². The number of carbonyl (C=O) groups excluding carboxylic acids is 1. The first-order valence-corrected chi connectivity index (χ1v) is 8.40. The fraction of sp³-hybridized carbons (Fsp3) is 0.917. The maximum absolute atomic E-state index is 12.2. The van der Waals surface area contributed by atoms with E-state index in [4.69, 9.17) is 0 Å². The van der Waals surface area contributed by atoms with E-state index < -0.39 is 10.0 Å². The first-order chi connectivity index (χ1) is 8.58. The van der Waals surface area contributed by atoms with Gasteiger partial charge in [-0.25, -0.2) is 13.1 Å². The topological polar surface area (TPSA) is 75.3 Å². The van der Waals surface area contributed by atoms with Gasteiger partial charge in [0.2, 0.25) is 15.9 Å². The molecule has 6 heteroatoms. The molecule has 1 saturated heterocycles. The Hall–Kier alpha value is -0.620. The third-order valence-corrected chi connectivity index (χ3v) is 5.82. The highest BCUT2D eigenvalue weighted by Crippen LogP contribution is 2.23. The molecule has 18 heavy (non-hydrogen) atoms. The quantitative estimate of drug-likeness (QED) is 0.803. The summed E-state index contributed by atoms with van der Waals surface area (Å²) in [5.74, 6) is -0.0520. The fourth-order valence-electron chi connectivity index (χ4n) is 2.78. The Morgan fingerprint density at radius 1 is 1.06 bits per heavy atom. The highest BCUT2D eigenvalue weighted by molar-refractivity contribution is 7.90. The van der Waals surface area contributed by atoms with Crippen LogP contribution < -0.4 is 10.0 Å². The Morgan fingerprint density at radius 3 is 2.50 bits per heavy atom. The maximum atomic E-state index is 12.2. The van der Waals surface area contributed by atoms with Gasteiger partial charge in [-0.2, -0.15) is 0 Å². The molecule has 2 fully saturated rings. The maximum Gasteiger partial charge on any atom is 0.221 e. The molecule has 1 amide bonds. The summed E-state index contributed by atoms with van der Waals surface area (Å²) in [5, 5.41) is 2.51. The van der Waals surface area contributed by atoms with Gasteiger partial charge in [-0.1, -0.05) is 19.3 Å². The minimum atomic E-state index is -3.25. The Balaban J connectivity index is 1.95. The third kappa shape index (κ3) is 3.68. The Bertz CT molecular complexity index is 388. The predicted molar refractivity (Wildman–Crippen MR) is 69.6 cm³/mol. The average molecular weight is 274 g/mol. The van der Waals surface area contributed by atoms with Crippen molar-refractivity contribution in [3.8, 4) is 0 Å². The average Bonchev–Trinajstić information content (AvgIpc) is 2.54. The number of rotatable bonds is 3. The van der Waals surface area contributed by atoms with Crippen LogP contribution in [-0.2, 0) is 14.8 Å². The van der Waals surface area contributed by atoms with Crippen molar-refractivity contribution in [1.29, 1.82) is 0 Å². The van der Waals surface area contributed by atoms with Crippen LogP contribution in [0, 0.1) is 0 Å². The van der Waals surface area contributed by atoms with Gasteiger partial charge in [0.05, 0.1) is 5.25 Å². The second-order valence-corrected chi connectivity index (χ2v) is 7.31. The van der Waals surface area contributed by atoms with E-state index in [1.807, 2.05) is 0 Å². The monoisotopic (exact) mass is 274 g/mol. The van der Waals surface area contributed by atoms with Crippen molar-refractivity contribution in [2.45, 2.75) is 62.7 Å². The van der Waals surface area contributed by atoms with Gasteiger partial charge in [0.25, 0.3) is 0 Å². The van der Waals surface area contributed by atoms with E-state index in [1.165, 1.54) is 0 Å². The zero-order valence-electron chi connectivity index (χ0n) is 10.7. The van der Waals surface area contributed by atoms with Crippen LogP contribution in [0.3, 0.4) is 0 Å². The second kappa shape index (κ2) is 6.02. The number of nitrogens with one attached hydrogen (secondary N) is 2. The lowest BCUT2D eigenvalue weighted by atomic mass is 10.0. The van der Waals surface area contributed by atoms with Crippen LogP contribution in [0.4, 0.5) is 0 Å². The van der Waals surface area contributed by atoms with Gasteiger partial charge in [0.1, 0.15) is 0 Å². The van der Waals surface area contributed by atoms with Crippen LogP contribution >= 0.6 is 0 Å². The van der Waals surface area contributed by atoms with E-state index in [-0.39, 0.29) is 23.6 Å². The van der Waals surface area contributed by atoms with E-state index in [1.54, 1.807) is 0 Å². The molecule has 1 saturated carbocycles. The molecule has 0 bridgehead atoms. The summed E-state index contributed by atoms with van der Waals surface area (Å²) in [6.07, 6.45) is 6.49. The van der Waals surface area contributed by atoms with Crippen LogP contribution in [0.1, 0.15) is 51.4 Å². The minimum absolute atomic E-state index is 0.0520. The summed E-state index contributed by atoms with van der Waals surface area (Å²) in [7, 11) is -3.25. The molecule has 0 radical (unpaired) electrons. The highest BCUT2D eigenvalue weighted by Gasteiger charge is 2.30. The Kier molecular flexibility index (Phi) is 4.61. The van der Waals surface area contributed by atoms with Crippen molar-refractivity contribution < 1.29 is 13.2 Å². The number of hydrogen-bond acceptors (Lipinski definition) is 3. The number of amides is 1. The molecular weight excluding hydrogens is 252 g/mol. The lowest BCUT2D eigenvalue weighted by molar-refractivity contribution is -0.121. The third-order valence-electron chi connectivity index (χ3n) is 3.81. The molecule has 0 unspecified atom stereocenters. The largest absolute Gasteiger partial charge is 0.356 e. The molecule has 0 spiro atoms. The summed E-state index contributed by atoms with van der Waals surface area (Å²) in [6, 6.07) is -0.223. The van der Waals surface area contributed by atoms with E-state index in [0.29, 0.717) is 6.54 Å². The second-order valence-electron chi connectivity index (χ2n) is 5.32. The fourth-order valence-corrected chi connectivity index (χ4v) is 4.59. The van der Waals surface area contributed by atoms with Crippen molar-refractivity contribution in [3.05, 3.63) is 0 Å². The van der Waals surface area contributed by atoms with Crippen molar-refractivity contribution >= 4 is 15.9 Å². The Labute approximate surface area is 109 Å². The molecule has 2 N–H and O–H groups in total. The van der Waals surface area contributed by atoms with Crippen LogP contribution in [0.5, 0.6) is 0 Å². The molecule has 1 atom stereocenters. The van der Waals surface area contributed by atoms with Gasteiger partial charge < -0.3 is 5.32 Å². The molecule has 0 aromatic rings. The molecule has 1 aliphatic heterocycles. The van der Waals surface area contributed by atoms with Gasteiger partial charge in [0.15, 0.2) is 0 Å². The zero-order valence-corrected chi connectivity index (χ0v) is 11.5. The molecular formula is C12H22N2O3S. The van der Waals surface area contributed by atoms with E-state index in [2.05, 4.69) is 10.0 Å². The normalized spacial score (nSPS) is 27.6. The summed E-state index contributed by atoms with van der Waals surface area (Å²) >= 11 is 0. The van der Waals surface area contributed by atoms with Crippen LogP contribution in [-0.4, -0.2) is 32.2 Å². The predicted octanol–water partition coefficient (Wildman–Crippen LogP) is 0.907. The van der Waals surface area contributed by atoms with Crippen molar-refractivity contribution in [3.63, 3.8) is 0 Å². The molecule has 0 aromatic carbocycles. The Morgan fingerprint density at radius 2 is 1.78 bits per heavy atom. The van der Waals surface area contributed by atoms with Crippen LogP contribution in [0.15, 0.2) is 0 Å². The van der Waals surface area contributed by atoms with Gasteiger partial charge in [-0.3, -0.25) is 4.79 Å². The summed E-state index contributed by atoms with van der Waals surface area (Å²) < 4.78 is 27.2.